The largest absolute Gasteiger partial charge is 0.207 e. The summed E-state index contributed by atoms with van der Waals surface area (Å²) in [7, 11) is 0. The molecule has 1 aliphatic rings. The standard InChI is InChI=1S/C14H17BrClF/c15-11-5-2-1-4-10(8-11)9-12-13(16)6-3-7-14(12)17/h3,6-7,10-11H,1-2,4-5,8-9H2. The molecule has 0 nitrogen and oxygen atoms in total. The molecular weight excluding hydrogens is 303 g/mol. The second kappa shape index (κ2) is 6.19. The first-order valence-corrected chi connectivity index (χ1v) is 7.53. The summed E-state index contributed by atoms with van der Waals surface area (Å²) in [4.78, 5) is 0.584. The number of benzene rings is 1. The van der Waals surface area contributed by atoms with E-state index in [0.717, 1.165) is 12.8 Å². The molecule has 0 radical (unpaired) electrons. The maximum Gasteiger partial charge on any atom is 0.127 e. The van der Waals surface area contributed by atoms with E-state index in [9.17, 15) is 4.39 Å². The predicted molar refractivity (Wildman–Crippen MR) is 74.4 cm³/mol. The topological polar surface area (TPSA) is 0 Å². The van der Waals surface area contributed by atoms with Crippen molar-refractivity contribution < 1.29 is 4.39 Å². The molecule has 2 unspecified atom stereocenters. The van der Waals surface area contributed by atoms with Gasteiger partial charge in [-0.3, -0.25) is 0 Å². The van der Waals surface area contributed by atoms with Gasteiger partial charge in [-0.25, -0.2) is 4.39 Å². The van der Waals surface area contributed by atoms with Crippen molar-refractivity contribution in [3.05, 3.63) is 34.6 Å². The molecule has 0 spiro atoms. The average Bonchev–Trinajstić information content (AvgIpc) is 2.48. The fourth-order valence-electron chi connectivity index (χ4n) is 2.60. The predicted octanol–water partition coefficient (Wildman–Crippen LogP) is 5.37. The van der Waals surface area contributed by atoms with Gasteiger partial charge in [0.1, 0.15) is 5.82 Å². The highest BCUT2D eigenvalue weighted by Gasteiger charge is 2.20. The van der Waals surface area contributed by atoms with Gasteiger partial charge >= 0.3 is 0 Å². The first-order valence-electron chi connectivity index (χ1n) is 6.23. The van der Waals surface area contributed by atoms with E-state index in [1.165, 1.54) is 31.7 Å². The third-order valence-corrected chi connectivity index (χ3v) is 4.71. The number of alkyl halides is 1. The highest BCUT2D eigenvalue weighted by molar-refractivity contribution is 9.09. The van der Waals surface area contributed by atoms with Crippen LogP contribution in [-0.4, -0.2) is 4.83 Å². The Labute approximate surface area is 116 Å². The van der Waals surface area contributed by atoms with Crippen LogP contribution in [0.15, 0.2) is 18.2 Å². The lowest BCUT2D eigenvalue weighted by molar-refractivity contribution is 0.453. The molecular formula is C14H17BrClF. The van der Waals surface area contributed by atoms with Crippen LogP contribution in [0, 0.1) is 11.7 Å². The molecule has 0 aromatic heterocycles. The number of hydrogen-bond donors (Lipinski definition) is 0. The van der Waals surface area contributed by atoms with Gasteiger partial charge in [-0.05, 0) is 37.3 Å². The van der Waals surface area contributed by atoms with Crippen molar-refractivity contribution in [2.45, 2.75) is 43.4 Å². The molecule has 1 aromatic rings. The van der Waals surface area contributed by atoms with E-state index in [0.29, 0.717) is 21.3 Å². The molecule has 0 amide bonds. The molecule has 0 bridgehead atoms. The minimum absolute atomic E-state index is 0.159. The van der Waals surface area contributed by atoms with E-state index in [1.807, 2.05) is 0 Å². The van der Waals surface area contributed by atoms with Gasteiger partial charge in [-0.2, -0.15) is 0 Å². The molecule has 1 aliphatic carbocycles. The second-order valence-corrected chi connectivity index (χ2v) is 6.59. The van der Waals surface area contributed by atoms with Crippen LogP contribution in [0.4, 0.5) is 4.39 Å². The molecule has 2 rings (SSSR count). The van der Waals surface area contributed by atoms with Gasteiger partial charge in [-0.1, -0.05) is 52.9 Å². The highest BCUT2D eigenvalue weighted by Crippen LogP contribution is 2.32. The lowest BCUT2D eigenvalue weighted by Gasteiger charge is -2.17. The molecule has 2 atom stereocenters. The number of hydrogen-bond acceptors (Lipinski definition) is 0. The van der Waals surface area contributed by atoms with Crippen LogP contribution in [0.1, 0.15) is 37.7 Å². The molecule has 0 heterocycles. The molecule has 1 saturated carbocycles. The van der Waals surface area contributed by atoms with Crippen molar-refractivity contribution in [3.63, 3.8) is 0 Å². The van der Waals surface area contributed by atoms with Crippen molar-refractivity contribution in [3.8, 4) is 0 Å². The third-order valence-electron chi connectivity index (χ3n) is 3.52. The monoisotopic (exact) mass is 318 g/mol. The maximum absolute atomic E-state index is 13.7. The summed E-state index contributed by atoms with van der Waals surface area (Å²) in [6.07, 6.45) is 6.85. The van der Waals surface area contributed by atoms with Gasteiger partial charge in [0.05, 0.1) is 0 Å². The first kappa shape index (κ1) is 13.4. The van der Waals surface area contributed by atoms with Crippen LogP contribution in [-0.2, 0) is 6.42 Å². The van der Waals surface area contributed by atoms with E-state index in [1.54, 1.807) is 12.1 Å². The molecule has 0 N–H and O–H groups in total. The minimum atomic E-state index is -0.159. The normalized spacial score (nSPS) is 25.6. The summed E-state index contributed by atoms with van der Waals surface area (Å²) in [5.74, 6) is 0.393. The van der Waals surface area contributed by atoms with Crippen LogP contribution in [0.3, 0.4) is 0 Å². The van der Waals surface area contributed by atoms with Crippen LogP contribution < -0.4 is 0 Å². The van der Waals surface area contributed by atoms with Gasteiger partial charge in [0.15, 0.2) is 0 Å². The van der Waals surface area contributed by atoms with E-state index in [2.05, 4.69) is 15.9 Å². The average molecular weight is 320 g/mol. The van der Waals surface area contributed by atoms with E-state index < -0.39 is 0 Å². The molecule has 0 saturated heterocycles. The summed E-state index contributed by atoms with van der Waals surface area (Å²) >= 11 is 9.78. The number of rotatable bonds is 2. The third kappa shape index (κ3) is 3.69. The summed E-state index contributed by atoms with van der Waals surface area (Å²) in [5, 5.41) is 0.570. The zero-order valence-corrected chi connectivity index (χ0v) is 12.1. The Bertz CT molecular complexity index is 360. The van der Waals surface area contributed by atoms with Crippen LogP contribution in [0.25, 0.3) is 0 Å². The van der Waals surface area contributed by atoms with Crippen molar-refractivity contribution in [2.24, 2.45) is 5.92 Å². The summed E-state index contributed by atoms with van der Waals surface area (Å²) in [6, 6.07) is 4.95. The molecule has 1 aromatic carbocycles. The Morgan fingerprint density at radius 1 is 1.29 bits per heavy atom. The molecule has 17 heavy (non-hydrogen) atoms. The Hall–Kier alpha value is -0.0800. The van der Waals surface area contributed by atoms with Gasteiger partial charge in [-0.15, -0.1) is 0 Å². The van der Waals surface area contributed by atoms with Gasteiger partial charge in [0, 0.05) is 15.4 Å². The van der Waals surface area contributed by atoms with Crippen LogP contribution in [0.2, 0.25) is 5.02 Å². The minimum Gasteiger partial charge on any atom is -0.207 e. The fourth-order valence-corrected chi connectivity index (χ4v) is 3.69. The Morgan fingerprint density at radius 3 is 2.82 bits per heavy atom. The van der Waals surface area contributed by atoms with E-state index in [4.69, 9.17) is 11.6 Å². The van der Waals surface area contributed by atoms with Crippen molar-refractivity contribution in [1.29, 1.82) is 0 Å². The van der Waals surface area contributed by atoms with E-state index >= 15 is 0 Å². The van der Waals surface area contributed by atoms with E-state index in [-0.39, 0.29) is 5.82 Å². The zero-order chi connectivity index (χ0) is 12.3. The molecule has 1 fully saturated rings. The first-order chi connectivity index (χ1) is 8.16. The van der Waals surface area contributed by atoms with Crippen molar-refractivity contribution >= 4 is 27.5 Å². The SMILES string of the molecule is Fc1cccc(Cl)c1CC1CCCCC(Br)C1. The summed E-state index contributed by atoms with van der Waals surface area (Å²) in [5.41, 5.74) is 0.695. The zero-order valence-electron chi connectivity index (χ0n) is 9.76. The Morgan fingerprint density at radius 2 is 2.06 bits per heavy atom. The smallest absolute Gasteiger partial charge is 0.127 e. The van der Waals surface area contributed by atoms with Gasteiger partial charge in [0.2, 0.25) is 0 Å². The summed E-state index contributed by atoms with van der Waals surface area (Å²) < 4.78 is 13.7. The van der Waals surface area contributed by atoms with Crippen molar-refractivity contribution in [1.82, 2.24) is 0 Å². The fraction of sp³-hybridized carbons (Fsp3) is 0.571. The molecule has 94 valence electrons. The van der Waals surface area contributed by atoms with Crippen LogP contribution in [0.5, 0.6) is 0 Å². The maximum atomic E-state index is 13.7. The van der Waals surface area contributed by atoms with Crippen LogP contribution >= 0.6 is 27.5 Å². The Balaban J connectivity index is 2.09. The molecule has 3 heteroatoms. The number of halogens is 3. The quantitative estimate of drug-likeness (QED) is 0.508. The molecule has 0 aliphatic heterocycles. The van der Waals surface area contributed by atoms with Gasteiger partial charge < -0.3 is 0 Å². The Kier molecular flexibility index (Phi) is 4.87. The summed E-state index contributed by atoms with van der Waals surface area (Å²) in [6.45, 7) is 0. The lowest BCUT2D eigenvalue weighted by atomic mass is 9.92. The van der Waals surface area contributed by atoms with Crippen molar-refractivity contribution in [2.75, 3.05) is 0 Å². The lowest BCUT2D eigenvalue weighted by Crippen LogP contribution is -2.09. The highest BCUT2D eigenvalue weighted by atomic mass is 79.9. The van der Waals surface area contributed by atoms with Gasteiger partial charge in [0.25, 0.3) is 0 Å². The second-order valence-electron chi connectivity index (χ2n) is 4.89.